The van der Waals surface area contributed by atoms with Crippen molar-refractivity contribution in [2.75, 3.05) is 31.1 Å². The van der Waals surface area contributed by atoms with Crippen LogP contribution in [0.2, 0.25) is 5.02 Å². The number of aryl methyl sites for hydroxylation is 1. The Hall–Kier alpha value is -1.96. The fraction of sp³-hybridized carbons (Fsp3) is 0.316. The molecule has 0 N–H and O–H groups in total. The molecule has 0 atom stereocenters. The number of thiophene rings is 1. The Morgan fingerprint density at radius 2 is 1.85 bits per heavy atom. The van der Waals surface area contributed by atoms with Gasteiger partial charge in [0, 0.05) is 37.6 Å². The lowest BCUT2D eigenvalue weighted by Crippen LogP contribution is -2.48. The average Bonchev–Trinajstić information content (AvgIpc) is 3.39. The van der Waals surface area contributed by atoms with Crippen LogP contribution in [0.15, 0.2) is 41.8 Å². The van der Waals surface area contributed by atoms with Crippen molar-refractivity contribution in [1.29, 1.82) is 0 Å². The van der Waals surface area contributed by atoms with Gasteiger partial charge in [-0.1, -0.05) is 41.1 Å². The highest BCUT2D eigenvalue weighted by atomic mass is 35.5. The zero-order chi connectivity index (χ0) is 18.6. The number of nitrogens with zero attached hydrogens (tertiary/aromatic N) is 4. The molecule has 4 rings (SSSR count). The molecule has 1 aromatic carbocycles. The van der Waals surface area contributed by atoms with Crippen molar-refractivity contribution in [2.24, 2.45) is 0 Å². The predicted molar refractivity (Wildman–Crippen MR) is 112 cm³/mol. The van der Waals surface area contributed by atoms with E-state index >= 15 is 0 Å². The van der Waals surface area contributed by atoms with Gasteiger partial charge >= 0.3 is 0 Å². The van der Waals surface area contributed by atoms with Crippen molar-refractivity contribution in [1.82, 2.24) is 15.1 Å². The lowest BCUT2D eigenvalue weighted by molar-refractivity contribution is -0.131. The van der Waals surface area contributed by atoms with Gasteiger partial charge in [0.15, 0.2) is 5.01 Å². The van der Waals surface area contributed by atoms with E-state index in [0.29, 0.717) is 6.42 Å². The second-order valence-electron chi connectivity index (χ2n) is 6.36. The molecular formula is C19H19ClN4OS2. The number of benzene rings is 1. The summed E-state index contributed by atoms with van der Waals surface area (Å²) >= 11 is 9.19. The van der Waals surface area contributed by atoms with Crippen molar-refractivity contribution >= 4 is 45.3 Å². The lowest BCUT2D eigenvalue weighted by Gasteiger charge is -2.34. The molecule has 3 aromatic rings. The van der Waals surface area contributed by atoms with E-state index in [2.05, 4.69) is 21.2 Å². The van der Waals surface area contributed by atoms with E-state index in [1.54, 1.807) is 22.7 Å². The molecule has 0 saturated carbocycles. The zero-order valence-corrected chi connectivity index (χ0v) is 17.1. The molecule has 27 heavy (non-hydrogen) atoms. The Labute approximate surface area is 171 Å². The predicted octanol–water partition coefficient (Wildman–Crippen LogP) is 4.20. The fourth-order valence-electron chi connectivity index (χ4n) is 3.05. The van der Waals surface area contributed by atoms with Gasteiger partial charge in [0.05, 0.1) is 4.88 Å². The van der Waals surface area contributed by atoms with Crippen molar-refractivity contribution in [2.45, 2.75) is 12.8 Å². The first-order chi connectivity index (χ1) is 13.2. The summed E-state index contributed by atoms with van der Waals surface area (Å²) in [6.45, 7) is 3.05. The van der Waals surface area contributed by atoms with Crippen molar-refractivity contribution in [3.05, 3.63) is 52.4 Å². The number of halogens is 1. The molecule has 1 aliphatic heterocycles. The molecule has 0 bridgehead atoms. The summed E-state index contributed by atoms with van der Waals surface area (Å²) in [6, 6.07) is 11.8. The van der Waals surface area contributed by atoms with Crippen LogP contribution in [-0.4, -0.2) is 47.2 Å². The minimum atomic E-state index is 0.209. The van der Waals surface area contributed by atoms with Crippen LogP contribution >= 0.6 is 34.3 Å². The molecule has 0 unspecified atom stereocenters. The third kappa shape index (κ3) is 4.48. The fourth-order valence-corrected chi connectivity index (χ4v) is 4.87. The van der Waals surface area contributed by atoms with Gasteiger partial charge in [-0.05, 0) is 35.6 Å². The number of hydrogen-bond acceptors (Lipinski definition) is 6. The molecule has 0 spiro atoms. The van der Waals surface area contributed by atoms with Gasteiger partial charge in [0.2, 0.25) is 11.0 Å². The minimum absolute atomic E-state index is 0.209. The van der Waals surface area contributed by atoms with Crippen LogP contribution in [0.1, 0.15) is 12.0 Å². The minimum Gasteiger partial charge on any atom is -0.343 e. The molecule has 1 saturated heterocycles. The summed E-state index contributed by atoms with van der Waals surface area (Å²) < 4.78 is 0. The topological polar surface area (TPSA) is 49.3 Å². The summed E-state index contributed by atoms with van der Waals surface area (Å²) in [7, 11) is 0. The van der Waals surface area contributed by atoms with E-state index < -0.39 is 0 Å². The van der Waals surface area contributed by atoms with Gasteiger partial charge in [0.25, 0.3) is 0 Å². The SMILES string of the molecule is O=C(CCc1ccc(Cl)cc1)N1CCN(c2nnc(-c3cccs3)s2)CC1. The summed E-state index contributed by atoms with van der Waals surface area (Å²) in [5.41, 5.74) is 1.14. The number of aromatic nitrogens is 2. The van der Waals surface area contributed by atoms with Gasteiger partial charge in [-0.25, -0.2) is 0 Å². The first-order valence-electron chi connectivity index (χ1n) is 8.83. The molecule has 3 heterocycles. The first-order valence-corrected chi connectivity index (χ1v) is 10.9. The quantitative estimate of drug-likeness (QED) is 0.623. The number of amides is 1. The average molecular weight is 419 g/mol. The van der Waals surface area contributed by atoms with E-state index in [4.69, 9.17) is 11.6 Å². The van der Waals surface area contributed by atoms with E-state index in [1.165, 1.54) is 0 Å². The number of carbonyl (C=O) groups excluding carboxylic acids is 1. The van der Waals surface area contributed by atoms with E-state index in [1.807, 2.05) is 40.6 Å². The van der Waals surface area contributed by atoms with Crippen LogP contribution in [0.5, 0.6) is 0 Å². The molecule has 1 amide bonds. The van der Waals surface area contributed by atoms with E-state index in [9.17, 15) is 4.79 Å². The number of hydrogen-bond donors (Lipinski definition) is 0. The normalized spacial score (nSPS) is 14.6. The van der Waals surface area contributed by atoms with Crippen molar-refractivity contribution < 1.29 is 4.79 Å². The molecule has 2 aromatic heterocycles. The van der Waals surface area contributed by atoms with Crippen LogP contribution in [0.3, 0.4) is 0 Å². The van der Waals surface area contributed by atoms with Gasteiger partial charge in [0.1, 0.15) is 0 Å². The summed E-state index contributed by atoms with van der Waals surface area (Å²) in [6.07, 6.45) is 1.28. The first kappa shape index (κ1) is 18.4. The Balaban J connectivity index is 1.28. The highest BCUT2D eigenvalue weighted by Crippen LogP contribution is 2.31. The smallest absolute Gasteiger partial charge is 0.223 e. The number of piperazine rings is 1. The van der Waals surface area contributed by atoms with Crippen LogP contribution in [0.4, 0.5) is 5.13 Å². The Kier molecular flexibility index (Phi) is 5.71. The maximum atomic E-state index is 12.5. The number of carbonyl (C=O) groups is 1. The highest BCUT2D eigenvalue weighted by molar-refractivity contribution is 7.22. The maximum absolute atomic E-state index is 12.5. The Morgan fingerprint density at radius 3 is 2.56 bits per heavy atom. The molecule has 140 valence electrons. The zero-order valence-electron chi connectivity index (χ0n) is 14.7. The molecule has 8 heteroatoms. The highest BCUT2D eigenvalue weighted by Gasteiger charge is 2.23. The van der Waals surface area contributed by atoms with Gasteiger partial charge in [-0.3, -0.25) is 4.79 Å². The van der Waals surface area contributed by atoms with Crippen LogP contribution in [0, 0.1) is 0 Å². The second kappa shape index (κ2) is 8.37. The van der Waals surface area contributed by atoms with E-state index in [0.717, 1.165) is 58.2 Å². The number of anilines is 1. The Morgan fingerprint density at radius 1 is 1.07 bits per heavy atom. The molecule has 0 radical (unpaired) electrons. The molecule has 0 aliphatic carbocycles. The molecule has 1 fully saturated rings. The van der Waals surface area contributed by atoms with E-state index in [-0.39, 0.29) is 5.91 Å². The van der Waals surface area contributed by atoms with Gasteiger partial charge < -0.3 is 9.80 Å². The monoisotopic (exact) mass is 418 g/mol. The summed E-state index contributed by atoms with van der Waals surface area (Å²) in [5.74, 6) is 0.209. The lowest BCUT2D eigenvalue weighted by atomic mass is 10.1. The van der Waals surface area contributed by atoms with Gasteiger partial charge in [-0.2, -0.15) is 0 Å². The molecular weight excluding hydrogens is 400 g/mol. The third-order valence-corrected chi connectivity index (χ3v) is 6.87. The summed E-state index contributed by atoms with van der Waals surface area (Å²) in [4.78, 5) is 17.8. The Bertz CT molecular complexity index is 887. The second-order valence-corrected chi connectivity index (χ2v) is 8.70. The number of rotatable bonds is 5. The van der Waals surface area contributed by atoms with Crippen molar-refractivity contribution in [3.63, 3.8) is 0 Å². The summed E-state index contributed by atoms with van der Waals surface area (Å²) in [5, 5.41) is 13.3. The third-order valence-electron chi connectivity index (χ3n) is 4.59. The van der Waals surface area contributed by atoms with Crippen LogP contribution in [-0.2, 0) is 11.2 Å². The molecule has 5 nitrogen and oxygen atoms in total. The maximum Gasteiger partial charge on any atom is 0.223 e. The largest absolute Gasteiger partial charge is 0.343 e. The molecule has 1 aliphatic rings. The van der Waals surface area contributed by atoms with Gasteiger partial charge in [-0.15, -0.1) is 21.5 Å². The standard InChI is InChI=1S/C19H19ClN4OS2/c20-15-6-3-14(4-7-15)5-8-17(25)23-9-11-24(12-10-23)19-22-21-18(27-19)16-2-1-13-26-16/h1-4,6-7,13H,5,8-12H2. The van der Waals surface area contributed by atoms with Crippen LogP contribution < -0.4 is 4.90 Å². The van der Waals surface area contributed by atoms with Crippen molar-refractivity contribution in [3.8, 4) is 9.88 Å². The van der Waals surface area contributed by atoms with Crippen LogP contribution in [0.25, 0.3) is 9.88 Å².